The van der Waals surface area contributed by atoms with Gasteiger partial charge in [0.1, 0.15) is 5.75 Å². The fourth-order valence-corrected chi connectivity index (χ4v) is 2.92. The Morgan fingerprint density at radius 3 is 2.71 bits per heavy atom. The topological polar surface area (TPSA) is 78.9 Å². The third kappa shape index (κ3) is 4.78. The summed E-state index contributed by atoms with van der Waals surface area (Å²) in [4.78, 5) is 24.9. The fourth-order valence-electron chi connectivity index (χ4n) is 2.69. The molecule has 0 aromatic heterocycles. The van der Waals surface area contributed by atoms with Crippen molar-refractivity contribution in [3.63, 3.8) is 0 Å². The Hall–Kier alpha value is -1.93. The molecule has 1 aliphatic heterocycles. The van der Waals surface area contributed by atoms with Gasteiger partial charge in [-0.05, 0) is 24.1 Å². The van der Waals surface area contributed by atoms with Crippen LogP contribution in [0.5, 0.6) is 5.75 Å². The number of ether oxygens (including phenoxy) is 1. The van der Waals surface area contributed by atoms with Crippen LogP contribution in [0.2, 0.25) is 5.02 Å². The molecule has 0 aliphatic carbocycles. The van der Waals surface area contributed by atoms with Crippen LogP contribution in [-0.2, 0) is 9.59 Å². The molecule has 1 heterocycles. The van der Waals surface area contributed by atoms with E-state index in [2.05, 4.69) is 10.1 Å². The number of nitrogens with zero attached hydrogens (tertiary/aromatic N) is 1. The minimum absolute atomic E-state index is 0.0319. The number of aliphatic carboxylic acids is 1. The van der Waals surface area contributed by atoms with Crippen molar-refractivity contribution in [2.24, 2.45) is 11.8 Å². The molecule has 1 amide bonds. The number of anilines is 1. The Kier molecular flexibility index (Phi) is 5.95. The van der Waals surface area contributed by atoms with Crippen molar-refractivity contribution in [2.75, 3.05) is 25.0 Å². The number of nitrogens with one attached hydrogen (secondary N) is 1. The van der Waals surface area contributed by atoms with E-state index in [0.29, 0.717) is 18.8 Å². The molecule has 1 saturated heterocycles. The lowest BCUT2D eigenvalue weighted by molar-refractivity contribution is -0.142. The molecule has 1 aromatic rings. The number of alkyl halides is 2. The first-order valence-corrected chi connectivity index (χ1v) is 7.63. The lowest BCUT2D eigenvalue weighted by atomic mass is 9.99. The normalized spacial score (nSPS) is 21.0. The van der Waals surface area contributed by atoms with E-state index in [1.807, 2.05) is 6.92 Å². The number of carbonyl (C=O) groups excluding carboxylic acids is 1. The summed E-state index contributed by atoms with van der Waals surface area (Å²) in [5.74, 6) is -1.91. The van der Waals surface area contributed by atoms with Crippen molar-refractivity contribution in [1.82, 2.24) is 4.90 Å². The van der Waals surface area contributed by atoms with Crippen LogP contribution >= 0.6 is 11.6 Å². The molecule has 1 fully saturated rings. The summed E-state index contributed by atoms with van der Waals surface area (Å²) in [6.45, 7) is -0.278. The lowest BCUT2D eigenvalue weighted by Crippen LogP contribution is -2.32. The standard InChI is InChI=1S/C15H17ClF2N2O4/c1-8-5-20(6-10(8)14(22)23)7-13(21)19-9-2-3-12(11(16)4-9)24-15(17)18/h2-4,8,10,15H,5-7H2,1H3,(H,19,21)(H,22,23)/t8-,10-/m1/s1. The number of carbonyl (C=O) groups is 2. The summed E-state index contributed by atoms with van der Waals surface area (Å²) in [6, 6.07) is 3.94. The quantitative estimate of drug-likeness (QED) is 0.813. The van der Waals surface area contributed by atoms with Crippen LogP contribution in [0.15, 0.2) is 18.2 Å². The van der Waals surface area contributed by atoms with Crippen molar-refractivity contribution in [3.05, 3.63) is 23.2 Å². The van der Waals surface area contributed by atoms with Gasteiger partial charge in [0, 0.05) is 18.8 Å². The van der Waals surface area contributed by atoms with E-state index < -0.39 is 18.5 Å². The maximum absolute atomic E-state index is 12.2. The largest absolute Gasteiger partial charge is 0.481 e. The number of carboxylic acids is 1. The number of rotatable bonds is 6. The van der Waals surface area contributed by atoms with Crippen molar-refractivity contribution in [1.29, 1.82) is 0 Å². The van der Waals surface area contributed by atoms with E-state index in [9.17, 15) is 18.4 Å². The summed E-state index contributed by atoms with van der Waals surface area (Å²) in [7, 11) is 0. The first kappa shape index (κ1) is 18.4. The third-order valence-corrected chi connectivity index (χ3v) is 4.10. The molecular weight excluding hydrogens is 346 g/mol. The van der Waals surface area contributed by atoms with Crippen LogP contribution in [0, 0.1) is 11.8 Å². The summed E-state index contributed by atoms with van der Waals surface area (Å²) < 4.78 is 28.5. The summed E-state index contributed by atoms with van der Waals surface area (Å²) in [6.07, 6.45) is 0. The highest BCUT2D eigenvalue weighted by Gasteiger charge is 2.35. The Bertz CT molecular complexity index is 629. The average molecular weight is 363 g/mol. The van der Waals surface area contributed by atoms with Crippen LogP contribution in [0.3, 0.4) is 0 Å². The van der Waals surface area contributed by atoms with Crippen LogP contribution < -0.4 is 10.1 Å². The Morgan fingerprint density at radius 2 is 2.17 bits per heavy atom. The Balaban J connectivity index is 1.91. The van der Waals surface area contributed by atoms with Crippen molar-refractivity contribution in [2.45, 2.75) is 13.5 Å². The van der Waals surface area contributed by atoms with Gasteiger partial charge in [0.15, 0.2) is 0 Å². The monoisotopic (exact) mass is 362 g/mol. The molecule has 0 unspecified atom stereocenters. The zero-order valence-corrected chi connectivity index (χ0v) is 13.6. The number of benzene rings is 1. The maximum atomic E-state index is 12.2. The predicted molar refractivity (Wildman–Crippen MR) is 83.4 cm³/mol. The first-order valence-electron chi connectivity index (χ1n) is 7.25. The average Bonchev–Trinajstić information content (AvgIpc) is 2.82. The van der Waals surface area contributed by atoms with Gasteiger partial charge in [-0.15, -0.1) is 0 Å². The molecular formula is C15H17ClF2N2O4. The second kappa shape index (κ2) is 7.76. The third-order valence-electron chi connectivity index (χ3n) is 3.80. The van der Waals surface area contributed by atoms with E-state index >= 15 is 0 Å². The zero-order valence-electron chi connectivity index (χ0n) is 12.8. The minimum Gasteiger partial charge on any atom is -0.481 e. The number of likely N-dealkylation sites (tertiary alicyclic amines) is 1. The molecule has 0 radical (unpaired) electrons. The number of hydrogen-bond acceptors (Lipinski definition) is 4. The van der Waals surface area contributed by atoms with Crippen LogP contribution in [0.4, 0.5) is 14.5 Å². The molecule has 2 N–H and O–H groups in total. The molecule has 2 rings (SSSR count). The van der Waals surface area contributed by atoms with E-state index in [-0.39, 0.29) is 29.1 Å². The Labute approximate surface area is 142 Å². The van der Waals surface area contributed by atoms with Crippen molar-refractivity contribution >= 4 is 29.2 Å². The molecule has 2 atom stereocenters. The second-order valence-electron chi connectivity index (χ2n) is 5.69. The molecule has 9 heteroatoms. The van der Waals surface area contributed by atoms with E-state index in [0.717, 1.165) is 0 Å². The van der Waals surface area contributed by atoms with E-state index in [4.69, 9.17) is 16.7 Å². The summed E-state index contributed by atoms with van der Waals surface area (Å²) in [5, 5.41) is 11.6. The number of halogens is 3. The van der Waals surface area contributed by atoms with Gasteiger partial charge in [-0.2, -0.15) is 8.78 Å². The van der Waals surface area contributed by atoms with Crippen LogP contribution in [-0.4, -0.2) is 48.1 Å². The molecule has 6 nitrogen and oxygen atoms in total. The van der Waals surface area contributed by atoms with Gasteiger partial charge in [-0.3, -0.25) is 14.5 Å². The van der Waals surface area contributed by atoms with E-state index in [1.165, 1.54) is 18.2 Å². The molecule has 0 bridgehead atoms. The van der Waals surface area contributed by atoms with Gasteiger partial charge < -0.3 is 15.2 Å². The van der Waals surface area contributed by atoms with Crippen LogP contribution in [0.25, 0.3) is 0 Å². The highest BCUT2D eigenvalue weighted by atomic mass is 35.5. The van der Waals surface area contributed by atoms with Gasteiger partial charge in [-0.1, -0.05) is 18.5 Å². The highest BCUT2D eigenvalue weighted by Crippen LogP contribution is 2.29. The van der Waals surface area contributed by atoms with Crippen molar-refractivity contribution in [3.8, 4) is 5.75 Å². The molecule has 1 aliphatic rings. The molecule has 132 valence electrons. The smallest absolute Gasteiger partial charge is 0.387 e. The summed E-state index contributed by atoms with van der Waals surface area (Å²) >= 11 is 5.81. The number of amides is 1. The molecule has 24 heavy (non-hydrogen) atoms. The maximum Gasteiger partial charge on any atom is 0.387 e. The minimum atomic E-state index is -2.98. The van der Waals surface area contributed by atoms with Crippen LogP contribution in [0.1, 0.15) is 6.92 Å². The van der Waals surface area contributed by atoms with Gasteiger partial charge in [0.25, 0.3) is 0 Å². The lowest BCUT2D eigenvalue weighted by Gasteiger charge is -2.15. The van der Waals surface area contributed by atoms with Gasteiger partial charge in [-0.25, -0.2) is 0 Å². The SMILES string of the molecule is C[C@@H]1CN(CC(=O)Nc2ccc(OC(F)F)c(Cl)c2)C[C@H]1C(=O)O. The first-order chi connectivity index (χ1) is 11.3. The van der Waals surface area contributed by atoms with Gasteiger partial charge in [0.05, 0.1) is 17.5 Å². The predicted octanol–water partition coefficient (Wildman–Crippen LogP) is 2.53. The number of hydrogen-bond donors (Lipinski definition) is 2. The number of carboxylic acid groups (broad SMARTS) is 1. The molecule has 0 spiro atoms. The second-order valence-corrected chi connectivity index (χ2v) is 6.10. The van der Waals surface area contributed by atoms with Crippen molar-refractivity contribution < 1.29 is 28.2 Å². The summed E-state index contributed by atoms with van der Waals surface area (Å²) in [5.41, 5.74) is 0.341. The molecule has 0 saturated carbocycles. The zero-order chi connectivity index (χ0) is 17.9. The van der Waals surface area contributed by atoms with E-state index in [1.54, 1.807) is 4.90 Å². The van der Waals surface area contributed by atoms with Gasteiger partial charge in [0.2, 0.25) is 5.91 Å². The molecule has 1 aromatic carbocycles. The van der Waals surface area contributed by atoms with Gasteiger partial charge >= 0.3 is 12.6 Å². The fraction of sp³-hybridized carbons (Fsp3) is 0.467. The Morgan fingerprint density at radius 1 is 1.46 bits per heavy atom. The highest BCUT2D eigenvalue weighted by molar-refractivity contribution is 6.32.